The van der Waals surface area contributed by atoms with Crippen molar-refractivity contribution in [1.29, 1.82) is 0 Å². The molecule has 2 aliphatic carbocycles. The quantitative estimate of drug-likeness (QED) is 0.552. The Morgan fingerprint density at radius 3 is 2.57 bits per heavy atom. The number of carbonyl (C=O) groups excluding carboxylic acids is 2. The van der Waals surface area contributed by atoms with Gasteiger partial charge >= 0.3 is 0 Å². The normalized spacial score (nSPS) is 33.4. The van der Waals surface area contributed by atoms with E-state index >= 15 is 0 Å². The van der Waals surface area contributed by atoms with Crippen LogP contribution in [0.25, 0.3) is 0 Å². The predicted octanol–water partition coefficient (Wildman–Crippen LogP) is 2.43. The van der Waals surface area contributed by atoms with Gasteiger partial charge in [-0.3, -0.25) is 9.59 Å². The van der Waals surface area contributed by atoms with Crippen molar-refractivity contribution in [3.05, 3.63) is 11.6 Å². The van der Waals surface area contributed by atoms with Gasteiger partial charge in [-0.25, -0.2) is 0 Å². The molecule has 0 radical (unpaired) electrons. The van der Waals surface area contributed by atoms with Crippen molar-refractivity contribution in [2.24, 2.45) is 5.41 Å². The molecular weight excluding hydrogens is 176 g/mol. The van der Waals surface area contributed by atoms with E-state index in [1.807, 2.05) is 6.92 Å². The van der Waals surface area contributed by atoms with Crippen LogP contribution < -0.4 is 0 Å². The maximum absolute atomic E-state index is 11.9. The minimum Gasteiger partial charge on any atom is -0.299 e. The minimum atomic E-state index is -0.599. The molecule has 0 N–H and O–H groups in total. The summed E-state index contributed by atoms with van der Waals surface area (Å²) in [4.78, 5) is 23.7. The summed E-state index contributed by atoms with van der Waals surface area (Å²) in [6.07, 6.45) is 6.76. The van der Waals surface area contributed by atoms with Crippen LogP contribution in [-0.4, -0.2) is 11.6 Å². The highest BCUT2D eigenvalue weighted by Gasteiger charge is 2.46. The van der Waals surface area contributed by atoms with Crippen molar-refractivity contribution < 1.29 is 9.59 Å². The topological polar surface area (TPSA) is 34.1 Å². The summed E-state index contributed by atoms with van der Waals surface area (Å²) < 4.78 is 0. The fourth-order valence-corrected chi connectivity index (χ4v) is 2.58. The molecule has 2 aliphatic rings. The van der Waals surface area contributed by atoms with E-state index in [1.165, 1.54) is 0 Å². The summed E-state index contributed by atoms with van der Waals surface area (Å²) in [5.41, 5.74) is 0.525. The van der Waals surface area contributed by atoms with E-state index in [2.05, 4.69) is 0 Å². The van der Waals surface area contributed by atoms with E-state index < -0.39 is 5.41 Å². The van der Waals surface area contributed by atoms with Gasteiger partial charge < -0.3 is 0 Å². The number of hydrogen-bond donors (Lipinski definition) is 0. The molecule has 2 heteroatoms. The average molecular weight is 192 g/mol. The standard InChI is InChI=1S/C12H16O2/c1-9-5-7-12(11(14)8-9)6-3-2-4-10(12)13/h8H,2-7H2,1H3. The first-order valence-electron chi connectivity index (χ1n) is 5.40. The van der Waals surface area contributed by atoms with Crippen LogP contribution in [0.2, 0.25) is 0 Å². The smallest absolute Gasteiger partial charge is 0.169 e. The number of hydrogen-bond acceptors (Lipinski definition) is 2. The molecule has 0 bridgehead atoms. The largest absolute Gasteiger partial charge is 0.299 e. The van der Waals surface area contributed by atoms with Gasteiger partial charge in [0.2, 0.25) is 0 Å². The van der Waals surface area contributed by atoms with E-state index in [-0.39, 0.29) is 11.6 Å². The molecule has 1 atom stereocenters. The molecule has 0 aromatic carbocycles. The van der Waals surface area contributed by atoms with Gasteiger partial charge in [0.15, 0.2) is 5.78 Å². The third-order valence-electron chi connectivity index (χ3n) is 3.59. The van der Waals surface area contributed by atoms with Crippen LogP contribution in [0.5, 0.6) is 0 Å². The van der Waals surface area contributed by atoms with Crippen LogP contribution in [0, 0.1) is 5.41 Å². The second-order valence-electron chi connectivity index (χ2n) is 4.57. The Kier molecular flexibility index (Phi) is 2.30. The fraction of sp³-hybridized carbons (Fsp3) is 0.667. The molecule has 2 rings (SSSR count). The van der Waals surface area contributed by atoms with Gasteiger partial charge in [0.05, 0.1) is 5.41 Å². The summed E-state index contributed by atoms with van der Waals surface area (Å²) >= 11 is 0. The van der Waals surface area contributed by atoms with Crippen molar-refractivity contribution >= 4 is 11.6 Å². The van der Waals surface area contributed by atoms with Crippen LogP contribution in [-0.2, 0) is 9.59 Å². The zero-order chi connectivity index (χ0) is 10.2. The zero-order valence-corrected chi connectivity index (χ0v) is 8.64. The van der Waals surface area contributed by atoms with Crippen LogP contribution in [0.15, 0.2) is 11.6 Å². The lowest BCUT2D eigenvalue weighted by atomic mass is 9.64. The van der Waals surface area contributed by atoms with Crippen LogP contribution in [0.3, 0.4) is 0 Å². The van der Waals surface area contributed by atoms with Crippen molar-refractivity contribution in [2.75, 3.05) is 0 Å². The summed E-state index contributed by atoms with van der Waals surface area (Å²) in [7, 11) is 0. The number of Topliss-reactive ketones (excluding diaryl/α,β-unsaturated/α-hetero) is 1. The molecule has 76 valence electrons. The van der Waals surface area contributed by atoms with Crippen LogP contribution in [0.4, 0.5) is 0 Å². The first kappa shape index (κ1) is 9.63. The maximum Gasteiger partial charge on any atom is 0.169 e. The SMILES string of the molecule is CC1=CC(=O)C2(CCCCC2=O)CC1. The first-order valence-corrected chi connectivity index (χ1v) is 5.40. The van der Waals surface area contributed by atoms with Gasteiger partial charge in [0.25, 0.3) is 0 Å². The van der Waals surface area contributed by atoms with Crippen LogP contribution in [0.1, 0.15) is 45.4 Å². The second-order valence-corrected chi connectivity index (χ2v) is 4.57. The Morgan fingerprint density at radius 1 is 1.14 bits per heavy atom. The Balaban J connectivity index is 2.31. The molecule has 0 heterocycles. The lowest BCUT2D eigenvalue weighted by molar-refractivity contribution is -0.141. The number of carbonyl (C=O) groups is 2. The lowest BCUT2D eigenvalue weighted by Gasteiger charge is -2.36. The Bertz CT molecular complexity index is 314. The number of allylic oxidation sites excluding steroid dienone is 2. The zero-order valence-electron chi connectivity index (χ0n) is 8.64. The highest BCUT2D eigenvalue weighted by Crippen LogP contribution is 2.42. The number of ketones is 2. The monoisotopic (exact) mass is 192 g/mol. The molecule has 1 spiro atoms. The fourth-order valence-electron chi connectivity index (χ4n) is 2.58. The third kappa shape index (κ3) is 1.33. The molecule has 0 aromatic rings. The van der Waals surface area contributed by atoms with E-state index in [0.717, 1.165) is 37.7 Å². The van der Waals surface area contributed by atoms with E-state index in [1.54, 1.807) is 6.08 Å². The van der Waals surface area contributed by atoms with E-state index in [9.17, 15) is 9.59 Å². The summed E-state index contributed by atoms with van der Waals surface area (Å²) in [5, 5.41) is 0. The van der Waals surface area contributed by atoms with Crippen molar-refractivity contribution in [3.63, 3.8) is 0 Å². The number of rotatable bonds is 0. The summed E-state index contributed by atoms with van der Waals surface area (Å²) in [6.45, 7) is 1.97. The van der Waals surface area contributed by atoms with E-state index in [4.69, 9.17) is 0 Å². The molecule has 1 fully saturated rings. The summed E-state index contributed by atoms with van der Waals surface area (Å²) in [6, 6.07) is 0. The van der Waals surface area contributed by atoms with Gasteiger partial charge in [0, 0.05) is 6.42 Å². The van der Waals surface area contributed by atoms with Crippen molar-refractivity contribution in [2.45, 2.75) is 45.4 Å². The lowest BCUT2D eigenvalue weighted by Crippen LogP contribution is -2.42. The maximum atomic E-state index is 11.9. The molecule has 14 heavy (non-hydrogen) atoms. The Labute approximate surface area is 84.4 Å². The van der Waals surface area contributed by atoms with Crippen molar-refractivity contribution in [1.82, 2.24) is 0 Å². The van der Waals surface area contributed by atoms with Gasteiger partial charge in [0.1, 0.15) is 5.78 Å². The highest BCUT2D eigenvalue weighted by molar-refractivity contribution is 6.12. The Morgan fingerprint density at radius 2 is 1.93 bits per heavy atom. The van der Waals surface area contributed by atoms with Crippen molar-refractivity contribution in [3.8, 4) is 0 Å². The molecule has 0 aliphatic heterocycles. The van der Waals surface area contributed by atoms with Gasteiger partial charge in [-0.1, -0.05) is 12.0 Å². The highest BCUT2D eigenvalue weighted by atomic mass is 16.2. The van der Waals surface area contributed by atoms with Gasteiger partial charge in [-0.15, -0.1) is 0 Å². The van der Waals surface area contributed by atoms with Crippen LogP contribution >= 0.6 is 0 Å². The second kappa shape index (κ2) is 3.34. The Hall–Kier alpha value is -0.920. The molecule has 1 saturated carbocycles. The molecule has 0 aromatic heterocycles. The predicted molar refractivity (Wildman–Crippen MR) is 53.9 cm³/mol. The van der Waals surface area contributed by atoms with Gasteiger partial charge in [-0.05, 0) is 38.7 Å². The summed E-state index contributed by atoms with van der Waals surface area (Å²) in [5.74, 6) is 0.267. The molecule has 2 nitrogen and oxygen atoms in total. The average Bonchev–Trinajstić information content (AvgIpc) is 2.15. The molecular formula is C12H16O2. The minimum absolute atomic E-state index is 0.0750. The molecule has 0 amide bonds. The van der Waals surface area contributed by atoms with Gasteiger partial charge in [-0.2, -0.15) is 0 Å². The molecule has 0 saturated heterocycles. The molecule has 1 unspecified atom stereocenters. The van der Waals surface area contributed by atoms with E-state index in [0.29, 0.717) is 6.42 Å². The third-order valence-corrected chi connectivity index (χ3v) is 3.59. The first-order chi connectivity index (χ1) is 6.65.